The number of rotatable bonds is 4. The van der Waals surface area contributed by atoms with Crippen LogP contribution in [0.1, 0.15) is 24.1 Å². The maximum atomic E-state index is 5.44. The number of hydrogen-bond acceptors (Lipinski definition) is 1. The Labute approximate surface area is 256 Å². The molecule has 44 heavy (non-hydrogen) atoms. The first kappa shape index (κ1) is 25.1. The van der Waals surface area contributed by atoms with Gasteiger partial charge in [0.25, 0.3) is 0 Å². The van der Waals surface area contributed by atoms with Gasteiger partial charge in [-0.1, -0.05) is 103 Å². The number of nitrogens with zero attached hydrogens (tertiary/aromatic N) is 3. The lowest BCUT2D eigenvalue weighted by Crippen LogP contribution is -2.09. The van der Waals surface area contributed by atoms with E-state index in [1.807, 2.05) is 0 Å². The first-order valence-electron chi connectivity index (χ1n) is 15.6. The van der Waals surface area contributed by atoms with Gasteiger partial charge in [0.05, 0.1) is 22.2 Å². The maximum absolute atomic E-state index is 5.44. The summed E-state index contributed by atoms with van der Waals surface area (Å²) in [6, 6.07) is 50.2. The van der Waals surface area contributed by atoms with Crippen LogP contribution >= 0.6 is 0 Å². The minimum Gasteiger partial charge on any atom is -0.309 e. The summed E-state index contributed by atoms with van der Waals surface area (Å²) >= 11 is 0. The number of benzene rings is 5. The van der Waals surface area contributed by atoms with Gasteiger partial charge in [-0.3, -0.25) is 4.57 Å². The Hall–Kier alpha value is -5.41. The van der Waals surface area contributed by atoms with Gasteiger partial charge in [-0.05, 0) is 78.8 Å². The van der Waals surface area contributed by atoms with Gasteiger partial charge in [0.2, 0.25) is 0 Å². The van der Waals surface area contributed by atoms with Gasteiger partial charge in [0, 0.05) is 33.1 Å². The van der Waals surface area contributed by atoms with Crippen LogP contribution < -0.4 is 0 Å². The zero-order valence-electron chi connectivity index (χ0n) is 24.4. The molecule has 8 aromatic rings. The molecule has 5 aromatic carbocycles. The van der Waals surface area contributed by atoms with E-state index in [1.165, 1.54) is 73.6 Å². The van der Waals surface area contributed by atoms with E-state index in [2.05, 4.69) is 149 Å². The van der Waals surface area contributed by atoms with Crippen molar-refractivity contribution in [2.75, 3.05) is 0 Å². The molecule has 3 nitrogen and oxygen atoms in total. The van der Waals surface area contributed by atoms with Gasteiger partial charge in [0.1, 0.15) is 5.82 Å². The summed E-state index contributed by atoms with van der Waals surface area (Å²) in [6.45, 7) is 0. The maximum Gasteiger partial charge on any atom is 0.138 e. The number of pyridine rings is 1. The van der Waals surface area contributed by atoms with E-state index in [-0.39, 0.29) is 0 Å². The number of hydrogen-bond donors (Lipinski definition) is 0. The molecule has 9 rings (SSSR count). The Morgan fingerprint density at radius 2 is 1.18 bits per heavy atom. The van der Waals surface area contributed by atoms with Crippen molar-refractivity contribution in [3.63, 3.8) is 0 Å². The summed E-state index contributed by atoms with van der Waals surface area (Å²) in [5, 5.41) is 3.93. The van der Waals surface area contributed by atoms with Gasteiger partial charge in [-0.15, -0.1) is 0 Å². The third-order valence-electron chi connectivity index (χ3n) is 9.30. The van der Waals surface area contributed by atoms with E-state index in [0.29, 0.717) is 0 Å². The van der Waals surface area contributed by atoms with Crippen LogP contribution in [0.25, 0.3) is 66.6 Å². The molecule has 0 fully saturated rings. The highest BCUT2D eigenvalue weighted by atomic mass is 15.1. The minimum absolute atomic E-state index is 0.988. The van der Waals surface area contributed by atoms with E-state index < -0.39 is 0 Å². The molecule has 0 unspecified atom stereocenters. The Kier molecular flexibility index (Phi) is 5.77. The molecule has 0 amide bonds. The molecule has 3 heteroatoms. The number of para-hydroxylation sites is 2. The van der Waals surface area contributed by atoms with Crippen LogP contribution in [0.15, 0.2) is 140 Å². The van der Waals surface area contributed by atoms with Crippen molar-refractivity contribution < 1.29 is 0 Å². The monoisotopic (exact) mass is 565 g/mol. The van der Waals surface area contributed by atoms with E-state index in [9.17, 15) is 0 Å². The van der Waals surface area contributed by atoms with E-state index >= 15 is 0 Å². The standard InChI is InChI=1S/C41H31N3/c1-4-14-28(15-5-1)30-26-35(29-16-6-2-7-17-29)42-39(27-30)44-36-22-12-10-20-32(36)33-24-25-38-40(41(33)44)34-21-11-13-23-37(34)43(38)31-18-8-3-9-19-31/h1-9,11,13-19,21,23-27H,10,12,20,22H2. The van der Waals surface area contributed by atoms with Crippen LogP contribution in [0, 0.1) is 0 Å². The number of aromatic nitrogens is 3. The van der Waals surface area contributed by atoms with Crippen molar-refractivity contribution in [1.82, 2.24) is 14.1 Å². The molecule has 0 aliphatic heterocycles. The zero-order valence-corrected chi connectivity index (χ0v) is 24.4. The van der Waals surface area contributed by atoms with Crippen LogP contribution in [0.4, 0.5) is 0 Å². The normalized spacial score (nSPS) is 13.1. The fourth-order valence-electron chi connectivity index (χ4n) is 7.37. The van der Waals surface area contributed by atoms with Gasteiger partial charge in [-0.2, -0.15) is 0 Å². The molecule has 3 aromatic heterocycles. The second kappa shape index (κ2) is 10.1. The molecule has 0 radical (unpaired) electrons. The molecular weight excluding hydrogens is 534 g/mol. The van der Waals surface area contributed by atoms with E-state index in [4.69, 9.17) is 4.98 Å². The Bertz CT molecular complexity index is 2250. The van der Waals surface area contributed by atoms with Crippen LogP contribution in [-0.2, 0) is 12.8 Å². The largest absolute Gasteiger partial charge is 0.309 e. The van der Waals surface area contributed by atoms with Crippen molar-refractivity contribution >= 4 is 32.7 Å². The molecule has 0 N–H and O–H groups in total. The van der Waals surface area contributed by atoms with Gasteiger partial charge in [0.15, 0.2) is 0 Å². The molecule has 210 valence electrons. The predicted molar refractivity (Wildman–Crippen MR) is 183 cm³/mol. The lowest BCUT2D eigenvalue weighted by molar-refractivity contribution is 0.665. The third kappa shape index (κ3) is 3.86. The average Bonchev–Trinajstić information content (AvgIpc) is 3.62. The summed E-state index contributed by atoms with van der Waals surface area (Å²) < 4.78 is 4.94. The number of aryl methyl sites for hydroxylation is 1. The van der Waals surface area contributed by atoms with Crippen molar-refractivity contribution in [3.05, 3.63) is 151 Å². The van der Waals surface area contributed by atoms with Gasteiger partial charge < -0.3 is 4.57 Å². The highest BCUT2D eigenvalue weighted by molar-refractivity contribution is 6.21. The van der Waals surface area contributed by atoms with Crippen LogP contribution in [0.2, 0.25) is 0 Å². The van der Waals surface area contributed by atoms with Crippen LogP contribution in [-0.4, -0.2) is 14.1 Å². The smallest absolute Gasteiger partial charge is 0.138 e. The lowest BCUT2D eigenvalue weighted by atomic mass is 9.95. The van der Waals surface area contributed by atoms with Crippen LogP contribution in [0.3, 0.4) is 0 Å². The molecule has 0 saturated heterocycles. The molecule has 0 bridgehead atoms. The molecule has 1 aliphatic rings. The van der Waals surface area contributed by atoms with Crippen molar-refractivity contribution in [1.29, 1.82) is 0 Å². The highest BCUT2D eigenvalue weighted by Gasteiger charge is 2.26. The first-order valence-corrected chi connectivity index (χ1v) is 15.6. The average molecular weight is 566 g/mol. The SMILES string of the molecule is c1ccc(-c2cc(-c3ccccc3)nc(-n3c4c(c5ccc6c(c7ccccc7n6-c6ccccc6)c53)CCCC4)c2)cc1. The van der Waals surface area contributed by atoms with Crippen LogP contribution in [0.5, 0.6) is 0 Å². The number of fused-ring (bicyclic) bond motifs is 7. The molecule has 3 heterocycles. The van der Waals surface area contributed by atoms with E-state index in [0.717, 1.165) is 29.9 Å². The second-order valence-corrected chi connectivity index (χ2v) is 11.8. The molecule has 1 aliphatic carbocycles. The Balaban J connectivity index is 1.43. The molecule has 0 saturated carbocycles. The van der Waals surface area contributed by atoms with Crippen molar-refractivity contribution in [2.24, 2.45) is 0 Å². The predicted octanol–water partition coefficient (Wildman–Crippen LogP) is 10.3. The summed E-state index contributed by atoms with van der Waals surface area (Å²) in [6.07, 6.45) is 4.58. The quantitative estimate of drug-likeness (QED) is 0.208. The lowest BCUT2D eigenvalue weighted by Gasteiger charge is -2.17. The molecule has 0 atom stereocenters. The summed E-state index contributed by atoms with van der Waals surface area (Å²) in [4.78, 5) is 5.44. The second-order valence-electron chi connectivity index (χ2n) is 11.8. The van der Waals surface area contributed by atoms with E-state index in [1.54, 1.807) is 0 Å². The minimum atomic E-state index is 0.988. The molecule has 0 spiro atoms. The summed E-state index contributed by atoms with van der Waals surface area (Å²) in [5.41, 5.74) is 12.3. The zero-order chi connectivity index (χ0) is 29.0. The van der Waals surface area contributed by atoms with Gasteiger partial charge >= 0.3 is 0 Å². The third-order valence-corrected chi connectivity index (χ3v) is 9.30. The Morgan fingerprint density at radius 3 is 1.98 bits per heavy atom. The molecular formula is C41H31N3. The fraction of sp³-hybridized carbons (Fsp3) is 0.0976. The topological polar surface area (TPSA) is 22.8 Å². The first-order chi connectivity index (χ1) is 21.8. The van der Waals surface area contributed by atoms with Crippen molar-refractivity contribution in [2.45, 2.75) is 25.7 Å². The summed E-state index contributed by atoms with van der Waals surface area (Å²) in [5.74, 6) is 0.988. The fourth-order valence-corrected chi connectivity index (χ4v) is 7.37. The van der Waals surface area contributed by atoms with Crippen molar-refractivity contribution in [3.8, 4) is 33.9 Å². The Morgan fingerprint density at radius 1 is 0.500 bits per heavy atom. The summed E-state index contributed by atoms with van der Waals surface area (Å²) in [7, 11) is 0. The highest BCUT2D eigenvalue weighted by Crippen LogP contribution is 2.43. The van der Waals surface area contributed by atoms with Gasteiger partial charge in [-0.25, -0.2) is 4.98 Å².